The molecular formula is C26H35N3O9. The van der Waals surface area contributed by atoms with E-state index in [1.54, 1.807) is 33.8 Å². The quantitative estimate of drug-likeness (QED) is 0.326. The molecule has 0 saturated carbocycles. The summed E-state index contributed by atoms with van der Waals surface area (Å²) in [5, 5.41) is 2.54. The predicted octanol–water partition coefficient (Wildman–Crippen LogP) is 0.765. The highest BCUT2D eigenvalue weighted by Crippen LogP contribution is 2.41. The average molecular weight is 534 g/mol. The van der Waals surface area contributed by atoms with Gasteiger partial charge in [-0.3, -0.25) is 25.2 Å². The molecule has 3 N–H and O–H groups in total. The van der Waals surface area contributed by atoms with E-state index in [0.717, 1.165) is 5.56 Å². The lowest BCUT2D eigenvalue weighted by Gasteiger charge is -2.29. The van der Waals surface area contributed by atoms with Crippen LogP contribution in [0.25, 0.3) is 6.08 Å². The summed E-state index contributed by atoms with van der Waals surface area (Å²) in [6, 6.07) is 8.29. The molecule has 3 amide bonds. The molecule has 0 spiro atoms. The van der Waals surface area contributed by atoms with E-state index >= 15 is 0 Å². The van der Waals surface area contributed by atoms with Crippen molar-refractivity contribution in [3.05, 3.63) is 42.0 Å². The largest absolute Gasteiger partial charge is 0.363 e. The van der Waals surface area contributed by atoms with Crippen molar-refractivity contribution in [2.24, 2.45) is 0 Å². The number of nitrogens with one attached hydrogen (secondary N) is 3. The molecule has 12 heteroatoms. The van der Waals surface area contributed by atoms with Crippen LogP contribution < -0.4 is 16.2 Å². The van der Waals surface area contributed by atoms with E-state index in [0.29, 0.717) is 0 Å². The van der Waals surface area contributed by atoms with Crippen molar-refractivity contribution in [3.63, 3.8) is 0 Å². The number of carbonyl (C=O) groups excluding carboxylic acids is 3. The first kappa shape index (κ1) is 28.1. The number of hydrogen-bond acceptors (Lipinski definition) is 9. The topological polar surface area (TPSA) is 143 Å². The van der Waals surface area contributed by atoms with E-state index < -0.39 is 66.0 Å². The van der Waals surface area contributed by atoms with Gasteiger partial charge in [-0.25, -0.2) is 0 Å². The molecule has 0 unspecified atom stereocenters. The summed E-state index contributed by atoms with van der Waals surface area (Å²) in [5.74, 6) is -3.30. The van der Waals surface area contributed by atoms with E-state index in [-0.39, 0.29) is 13.2 Å². The molecule has 1 aromatic carbocycles. The third-order valence-corrected chi connectivity index (χ3v) is 6.14. The molecule has 38 heavy (non-hydrogen) atoms. The Morgan fingerprint density at radius 1 is 1.03 bits per heavy atom. The van der Waals surface area contributed by atoms with Crippen molar-refractivity contribution in [2.75, 3.05) is 13.2 Å². The summed E-state index contributed by atoms with van der Waals surface area (Å²) >= 11 is 0. The van der Waals surface area contributed by atoms with Gasteiger partial charge in [0.2, 0.25) is 5.91 Å². The van der Waals surface area contributed by atoms with Crippen LogP contribution in [-0.2, 0) is 42.8 Å². The maximum Gasteiger partial charge on any atom is 0.262 e. The molecule has 3 heterocycles. The molecule has 3 aliphatic rings. The van der Waals surface area contributed by atoms with Gasteiger partial charge in [0.05, 0.1) is 6.61 Å². The minimum atomic E-state index is -0.940. The second-order valence-corrected chi connectivity index (χ2v) is 10.2. The van der Waals surface area contributed by atoms with Gasteiger partial charge in [0.15, 0.2) is 17.9 Å². The zero-order chi connectivity index (χ0) is 27.5. The van der Waals surface area contributed by atoms with Gasteiger partial charge in [-0.15, -0.1) is 0 Å². The van der Waals surface area contributed by atoms with E-state index in [1.807, 2.05) is 30.3 Å². The number of fused-ring (bicyclic) bond motifs is 1. The fraction of sp³-hybridized carbons (Fsp3) is 0.577. The van der Waals surface area contributed by atoms with Crippen LogP contribution in [0.5, 0.6) is 0 Å². The Balaban J connectivity index is 1.25. The minimum absolute atomic E-state index is 0.288. The Labute approximate surface area is 221 Å². The standard InChI is InChI=1S/C26H35N3O9/c1-15(23(32)29-28-18(30)12-11-16-9-7-6-8-10-16)27-19(31)14-33-21-20(17-13-34-25(2,3)36-17)35-24-22(21)37-26(4,5)38-24/h6-12,15,17,20-22,24H,13-14H2,1-5H3,(H,27,31)(H,28,30)(H,29,32)/t15-,17-,20+,21+,22+,24-/m0/s1. The Morgan fingerprint density at radius 2 is 1.76 bits per heavy atom. The molecule has 0 radical (unpaired) electrons. The Morgan fingerprint density at radius 3 is 2.45 bits per heavy atom. The monoisotopic (exact) mass is 533 g/mol. The number of carbonyl (C=O) groups is 3. The van der Waals surface area contributed by atoms with Crippen LogP contribution in [-0.4, -0.2) is 79.3 Å². The third kappa shape index (κ3) is 7.16. The van der Waals surface area contributed by atoms with Gasteiger partial charge in [-0.2, -0.15) is 0 Å². The second-order valence-electron chi connectivity index (χ2n) is 10.2. The van der Waals surface area contributed by atoms with Crippen LogP contribution in [0.3, 0.4) is 0 Å². The van der Waals surface area contributed by atoms with Gasteiger partial charge in [0, 0.05) is 6.08 Å². The molecule has 0 aromatic heterocycles. The smallest absolute Gasteiger partial charge is 0.262 e. The number of benzene rings is 1. The fourth-order valence-electron chi connectivity index (χ4n) is 4.40. The Kier molecular flexibility index (Phi) is 8.50. The fourth-order valence-corrected chi connectivity index (χ4v) is 4.40. The van der Waals surface area contributed by atoms with Gasteiger partial charge in [-0.05, 0) is 46.3 Å². The summed E-state index contributed by atoms with van der Waals surface area (Å²) in [4.78, 5) is 36.9. The van der Waals surface area contributed by atoms with Gasteiger partial charge in [0.25, 0.3) is 11.8 Å². The highest BCUT2D eigenvalue weighted by molar-refractivity contribution is 5.94. The normalized spacial score (nSPS) is 30.1. The van der Waals surface area contributed by atoms with E-state index in [9.17, 15) is 14.4 Å². The molecule has 4 rings (SSSR count). The molecule has 208 valence electrons. The van der Waals surface area contributed by atoms with Crippen LogP contribution in [0, 0.1) is 0 Å². The first-order valence-corrected chi connectivity index (χ1v) is 12.5. The number of rotatable bonds is 8. The number of amides is 3. The van der Waals surface area contributed by atoms with Gasteiger partial charge >= 0.3 is 0 Å². The maximum atomic E-state index is 12.6. The molecule has 6 atom stereocenters. The first-order valence-electron chi connectivity index (χ1n) is 12.5. The summed E-state index contributed by atoms with van der Waals surface area (Å²) in [7, 11) is 0. The first-order chi connectivity index (χ1) is 17.9. The third-order valence-electron chi connectivity index (χ3n) is 6.14. The van der Waals surface area contributed by atoms with Crippen LogP contribution in [0.15, 0.2) is 36.4 Å². The van der Waals surface area contributed by atoms with E-state index in [2.05, 4.69) is 16.2 Å². The van der Waals surface area contributed by atoms with Gasteiger partial charge in [-0.1, -0.05) is 30.3 Å². The van der Waals surface area contributed by atoms with Crippen LogP contribution in [0.1, 0.15) is 40.2 Å². The SMILES string of the molecule is C[C@H](NC(=O)CO[C@H]1[C@H]2OC(C)(C)O[C@@H]2O[C@@H]1[C@@H]1COC(C)(C)O1)C(=O)NNC(=O)C=Cc1ccccc1. The summed E-state index contributed by atoms with van der Waals surface area (Å²) < 4.78 is 35.4. The lowest BCUT2D eigenvalue weighted by molar-refractivity contribution is -0.235. The molecule has 3 aliphatic heterocycles. The summed E-state index contributed by atoms with van der Waals surface area (Å²) in [6.45, 7) is 8.55. The predicted molar refractivity (Wildman–Crippen MR) is 133 cm³/mol. The van der Waals surface area contributed by atoms with E-state index in [1.165, 1.54) is 13.0 Å². The zero-order valence-electron chi connectivity index (χ0n) is 22.1. The van der Waals surface area contributed by atoms with Crippen molar-refractivity contribution >= 4 is 23.8 Å². The molecule has 12 nitrogen and oxygen atoms in total. The maximum absolute atomic E-state index is 12.6. The van der Waals surface area contributed by atoms with Crippen LogP contribution >= 0.6 is 0 Å². The highest BCUT2D eigenvalue weighted by atomic mass is 16.8. The van der Waals surface area contributed by atoms with Gasteiger partial charge < -0.3 is 33.7 Å². The van der Waals surface area contributed by atoms with Crippen LogP contribution in [0.4, 0.5) is 0 Å². The van der Waals surface area contributed by atoms with Gasteiger partial charge in [0.1, 0.15) is 37.1 Å². The van der Waals surface area contributed by atoms with Crippen molar-refractivity contribution in [3.8, 4) is 0 Å². The Hall–Kier alpha value is -2.87. The van der Waals surface area contributed by atoms with Crippen molar-refractivity contribution in [1.82, 2.24) is 16.2 Å². The Bertz CT molecular complexity index is 1050. The summed E-state index contributed by atoms with van der Waals surface area (Å²) in [5.41, 5.74) is 5.40. The van der Waals surface area contributed by atoms with Crippen LogP contribution in [0.2, 0.25) is 0 Å². The lowest BCUT2D eigenvalue weighted by Crippen LogP contribution is -2.52. The van der Waals surface area contributed by atoms with E-state index in [4.69, 9.17) is 28.4 Å². The lowest BCUT2D eigenvalue weighted by atomic mass is 10.1. The molecule has 1 aromatic rings. The average Bonchev–Trinajstić information content (AvgIpc) is 3.48. The highest BCUT2D eigenvalue weighted by Gasteiger charge is 2.59. The molecule has 3 saturated heterocycles. The summed E-state index contributed by atoms with van der Waals surface area (Å²) in [6.07, 6.45) is -0.0576. The number of hydrazine groups is 1. The van der Waals surface area contributed by atoms with Crippen molar-refractivity contribution in [2.45, 2.75) is 82.9 Å². The number of ether oxygens (including phenoxy) is 6. The second kappa shape index (κ2) is 11.5. The minimum Gasteiger partial charge on any atom is -0.363 e. The zero-order valence-corrected chi connectivity index (χ0v) is 22.1. The van der Waals surface area contributed by atoms with Crippen molar-refractivity contribution < 1.29 is 42.8 Å². The van der Waals surface area contributed by atoms with Crippen molar-refractivity contribution in [1.29, 1.82) is 0 Å². The number of hydrogen-bond donors (Lipinski definition) is 3. The molecule has 0 bridgehead atoms. The molecular weight excluding hydrogens is 498 g/mol. The molecule has 0 aliphatic carbocycles. The molecule has 3 fully saturated rings.